The summed E-state index contributed by atoms with van der Waals surface area (Å²) in [6.07, 6.45) is 0.880. The first-order chi connectivity index (χ1) is 8.99. The minimum atomic E-state index is -0.556. The van der Waals surface area contributed by atoms with E-state index in [4.69, 9.17) is 11.6 Å². The molecule has 0 spiro atoms. The van der Waals surface area contributed by atoms with Crippen LogP contribution in [0.3, 0.4) is 0 Å². The van der Waals surface area contributed by atoms with Crippen LogP contribution in [0.25, 0.3) is 0 Å². The predicted molar refractivity (Wildman–Crippen MR) is 78.7 cm³/mol. The number of rotatable bonds is 3. The molecule has 1 aliphatic heterocycles. The van der Waals surface area contributed by atoms with Crippen LogP contribution in [0.5, 0.6) is 0 Å². The first-order valence-corrected chi connectivity index (χ1v) is 6.29. The monoisotopic (exact) mass is 319 g/mol. The number of nitro groups is 1. The average molecular weight is 320 g/mol. The number of halogens is 2. The van der Waals surface area contributed by atoms with Crippen molar-refractivity contribution in [3.8, 4) is 0 Å². The second-order valence-corrected chi connectivity index (χ2v) is 4.95. The number of non-ortho nitro benzene ring substituents is 1. The van der Waals surface area contributed by atoms with E-state index in [1.165, 1.54) is 18.2 Å². The lowest BCUT2D eigenvalue weighted by atomic mass is 10.1. The molecule has 0 bridgehead atoms. The van der Waals surface area contributed by atoms with E-state index in [-0.39, 0.29) is 40.6 Å². The van der Waals surface area contributed by atoms with Crippen LogP contribution in [0, 0.1) is 10.1 Å². The Morgan fingerprint density at radius 3 is 2.75 bits per heavy atom. The fourth-order valence-electron chi connectivity index (χ4n) is 2.14. The lowest BCUT2D eigenvalue weighted by Gasteiger charge is -2.23. The smallest absolute Gasteiger partial charge is 0.271 e. The number of carbonyl (C=O) groups is 1. The van der Waals surface area contributed by atoms with Gasteiger partial charge in [0.15, 0.2) is 0 Å². The van der Waals surface area contributed by atoms with E-state index in [0.717, 1.165) is 19.5 Å². The molecule has 1 N–H and O–H groups in total. The van der Waals surface area contributed by atoms with Gasteiger partial charge in [-0.1, -0.05) is 11.6 Å². The molecular formula is C12H15Cl2N3O3. The lowest BCUT2D eigenvalue weighted by Crippen LogP contribution is -2.38. The standard InChI is InChI=1S/C12H14ClN3O3.ClH/c1-15(10-2-3-14-7-10)12(17)8-4-9(13)6-11(5-8)16(18)19;/h4-6,10,14H,2-3,7H2,1H3;1H. The second kappa shape index (κ2) is 6.88. The highest BCUT2D eigenvalue weighted by atomic mass is 35.5. The lowest BCUT2D eigenvalue weighted by molar-refractivity contribution is -0.384. The van der Waals surface area contributed by atoms with Gasteiger partial charge in [0.05, 0.1) is 4.92 Å². The van der Waals surface area contributed by atoms with Gasteiger partial charge in [-0.25, -0.2) is 0 Å². The van der Waals surface area contributed by atoms with Crippen molar-refractivity contribution in [2.45, 2.75) is 12.5 Å². The molecule has 110 valence electrons. The van der Waals surface area contributed by atoms with E-state index in [1.807, 2.05) is 0 Å². The molecule has 20 heavy (non-hydrogen) atoms. The van der Waals surface area contributed by atoms with Gasteiger partial charge in [0.25, 0.3) is 11.6 Å². The number of hydrogen-bond donors (Lipinski definition) is 1. The van der Waals surface area contributed by atoms with E-state index in [9.17, 15) is 14.9 Å². The van der Waals surface area contributed by atoms with Crippen molar-refractivity contribution in [2.24, 2.45) is 0 Å². The minimum Gasteiger partial charge on any atom is -0.337 e. The zero-order valence-corrected chi connectivity index (χ0v) is 12.4. The van der Waals surface area contributed by atoms with E-state index in [0.29, 0.717) is 0 Å². The number of nitro benzene ring substituents is 1. The number of nitrogens with zero attached hydrogens (tertiary/aromatic N) is 2. The molecule has 1 atom stereocenters. The van der Waals surface area contributed by atoms with Gasteiger partial charge < -0.3 is 10.2 Å². The molecule has 1 aliphatic rings. The Kier molecular flexibility index (Phi) is 5.74. The predicted octanol–water partition coefficient (Wildman–Crippen LogP) is 2.10. The number of nitrogens with one attached hydrogen (secondary N) is 1. The molecular weight excluding hydrogens is 305 g/mol. The van der Waals surface area contributed by atoms with Gasteiger partial charge in [0.2, 0.25) is 0 Å². The Labute approximate surface area is 127 Å². The molecule has 0 radical (unpaired) electrons. The van der Waals surface area contributed by atoms with Gasteiger partial charge in [-0.15, -0.1) is 12.4 Å². The molecule has 1 heterocycles. The zero-order valence-electron chi connectivity index (χ0n) is 10.8. The molecule has 1 fully saturated rings. The van der Waals surface area contributed by atoms with Gasteiger partial charge in [-0.3, -0.25) is 14.9 Å². The van der Waals surface area contributed by atoms with Crippen molar-refractivity contribution in [2.75, 3.05) is 20.1 Å². The van der Waals surface area contributed by atoms with Crippen molar-refractivity contribution in [3.63, 3.8) is 0 Å². The summed E-state index contributed by atoms with van der Waals surface area (Å²) in [5.74, 6) is -0.251. The van der Waals surface area contributed by atoms with Crippen molar-refractivity contribution < 1.29 is 9.72 Å². The van der Waals surface area contributed by atoms with Crippen LogP contribution in [0.1, 0.15) is 16.8 Å². The summed E-state index contributed by atoms with van der Waals surface area (Å²) in [5.41, 5.74) is 0.0717. The van der Waals surface area contributed by atoms with Gasteiger partial charge in [-0.2, -0.15) is 0 Å². The average Bonchev–Trinajstić information content (AvgIpc) is 2.90. The molecule has 1 unspecified atom stereocenters. The molecule has 0 aromatic heterocycles. The molecule has 8 heteroatoms. The van der Waals surface area contributed by atoms with Gasteiger partial charge in [-0.05, 0) is 19.0 Å². The summed E-state index contributed by atoms with van der Waals surface area (Å²) < 4.78 is 0. The highest BCUT2D eigenvalue weighted by Crippen LogP contribution is 2.22. The first kappa shape index (κ1) is 16.7. The number of amides is 1. The Balaban J connectivity index is 0.00000200. The van der Waals surface area contributed by atoms with E-state index in [1.54, 1.807) is 11.9 Å². The Bertz CT molecular complexity index is 519. The number of carbonyl (C=O) groups excluding carboxylic acids is 1. The summed E-state index contributed by atoms with van der Waals surface area (Å²) in [5, 5.41) is 14.1. The molecule has 1 amide bonds. The summed E-state index contributed by atoms with van der Waals surface area (Å²) in [4.78, 5) is 24.1. The molecule has 0 aliphatic carbocycles. The van der Waals surface area contributed by atoms with Crippen molar-refractivity contribution >= 4 is 35.6 Å². The quantitative estimate of drug-likeness (QED) is 0.683. The molecule has 6 nitrogen and oxygen atoms in total. The summed E-state index contributed by atoms with van der Waals surface area (Å²) in [6.45, 7) is 1.61. The second-order valence-electron chi connectivity index (χ2n) is 4.52. The van der Waals surface area contributed by atoms with E-state index < -0.39 is 4.92 Å². The Morgan fingerprint density at radius 1 is 1.50 bits per heavy atom. The maximum atomic E-state index is 12.3. The molecule has 2 rings (SSSR count). The fourth-order valence-corrected chi connectivity index (χ4v) is 2.37. The largest absolute Gasteiger partial charge is 0.337 e. The number of hydrogen-bond acceptors (Lipinski definition) is 4. The third kappa shape index (κ3) is 3.59. The first-order valence-electron chi connectivity index (χ1n) is 5.92. The van der Waals surface area contributed by atoms with Crippen molar-refractivity contribution in [1.82, 2.24) is 10.2 Å². The van der Waals surface area contributed by atoms with Crippen molar-refractivity contribution in [1.29, 1.82) is 0 Å². The van der Waals surface area contributed by atoms with Gasteiger partial charge in [0.1, 0.15) is 0 Å². The SMILES string of the molecule is CN(C(=O)c1cc(Cl)cc([N+](=O)[O-])c1)C1CCNC1.Cl. The van der Waals surface area contributed by atoms with Crippen LogP contribution in [-0.4, -0.2) is 41.9 Å². The highest BCUT2D eigenvalue weighted by Gasteiger charge is 2.25. The van der Waals surface area contributed by atoms with Gasteiger partial charge in [0, 0.05) is 42.4 Å². The molecule has 1 aromatic rings. The van der Waals surface area contributed by atoms with Crippen molar-refractivity contribution in [3.05, 3.63) is 38.9 Å². The highest BCUT2D eigenvalue weighted by molar-refractivity contribution is 6.31. The van der Waals surface area contributed by atoms with Crippen LogP contribution in [0.4, 0.5) is 5.69 Å². The number of benzene rings is 1. The molecule has 1 aromatic carbocycles. The normalized spacial score (nSPS) is 17.4. The van der Waals surface area contributed by atoms with Crippen LogP contribution >= 0.6 is 24.0 Å². The number of likely N-dealkylation sites (N-methyl/N-ethyl adjacent to an activating group) is 1. The minimum absolute atomic E-state index is 0. The summed E-state index contributed by atoms with van der Waals surface area (Å²) in [7, 11) is 1.70. The Morgan fingerprint density at radius 2 is 2.20 bits per heavy atom. The topological polar surface area (TPSA) is 75.5 Å². The van der Waals surface area contributed by atoms with Crippen LogP contribution < -0.4 is 5.32 Å². The maximum absolute atomic E-state index is 12.3. The van der Waals surface area contributed by atoms with Crippen LogP contribution in [0.2, 0.25) is 5.02 Å². The van der Waals surface area contributed by atoms with Crippen LogP contribution in [-0.2, 0) is 0 Å². The summed E-state index contributed by atoms with van der Waals surface area (Å²) >= 11 is 5.81. The van der Waals surface area contributed by atoms with Gasteiger partial charge >= 0.3 is 0 Å². The Hall–Kier alpha value is -1.37. The summed E-state index contributed by atoms with van der Waals surface area (Å²) in [6, 6.07) is 4.06. The third-order valence-corrected chi connectivity index (χ3v) is 3.46. The fraction of sp³-hybridized carbons (Fsp3) is 0.417. The molecule has 1 saturated heterocycles. The third-order valence-electron chi connectivity index (χ3n) is 3.24. The van der Waals surface area contributed by atoms with E-state index in [2.05, 4.69) is 5.32 Å². The maximum Gasteiger partial charge on any atom is 0.271 e. The van der Waals surface area contributed by atoms with E-state index >= 15 is 0 Å². The molecule has 0 saturated carbocycles. The zero-order chi connectivity index (χ0) is 14.0. The van der Waals surface area contributed by atoms with Crippen LogP contribution in [0.15, 0.2) is 18.2 Å².